The van der Waals surface area contributed by atoms with Crippen LogP contribution in [0.25, 0.3) is 0 Å². The third-order valence-corrected chi connectivity index (χ3v) is 21.8. The van der Waals surface area contributed by atoms with Crippen molar-refractivity contribution in [1.82, 2.24) is 0 Å². The smallest absolute Gasteiger partial charge is 0.338 e. The van der Waals surface area contributed by atoms with Crippen LogP contribution < -0.4 is 10.4 Å². The second-order valence-corrected chi connectivity index (χ2v) is 25.3. The number of benzene rings is 3. The van der Waals surface area contributed by atoms with E-state index in [1.807, 2.05) is 30.3 Å². The van der Waals surface area contributed by atoms with Gasteiger partial charge in [0, 0.05) is 18.9 Å². The highest BCUT2D eigenvalue weighted by atomic mass is 28.4. The SMILES string of the molecule is CC(=O)O[C@H]1CC[C@@]2(C)[C@@H](CC[C@@H]3[C@@H]2C[C@@H](OC(=O)c2ccccc2)[C@]2(C)[C@H]4[C@H](C)[C@@H](CC[C@@H](C)CO[Si](c5ccccc5)(c5ccccc5)C(C)(C)C)O[C@H]4C[C@@H]32)C1. The minimum absolute atomic E-state index is 0.0184. The van der Waals surface area contributed by atoms with E-state index in [1.165, 1.54) is 30.1 Å². The summed E-state index contributed by atoms with van der Waals surface area (Å²) in [6.07, 6.45) is 9.47. The molecule has 318 valence electrons. The standard InChI is InChI=1S/C52H70O6Si/c1-34(33-55-59(50(4,5)6,40-20-14-10-15-21-40)41-22-16-11-17-23-41)24-27-45-35(2)48-46(57-45)31-44-42-26-25-38-30-39(56-36(3)53)28-29-51(38,7)43(42)32-47(52(44,48)8)58-49(54)37-18-12-9-13-19-37/h9-23,34-35,38-39,42-48H,24-33H2,1-8H3/t34-,35-,38+,39+,42-,43+,44+,45-,46+,47-,48+,51+,52-/m1/s1. The highest BCUT2D eigenvalue weighted by Crippen LogP contribution is 2.70. The van der Waals surface area contributed by atoms with Crippen molar-refractivity contribution in [1.29, 1.82) is 0 Å². The van der Waals surface area contributed by atoms with Gasteiger partial charge >= 0.3 is 11.9 Å². The number of carbonyl (C=O) groups is 2. The molecule has 1 heterocycles. The minimum atomic E-state index is -2.61. The Kier molecular flexibility index (Phi) is 11.9. The molecule has 0 aromatic heterocycles. The fourth-order valence-electron chi connectivity index (χ4n) is 14.0. The molecule has 1 saturated heterocycles. The summed E-state index contributed by atoms with van der Waals surface area (Å²) >= 11 is 0. The lowest BCUT2D eigenvalue weighted by molar-refractivity contribution is -0.181. The molecule has 4 saturated carbocycles. The van der Waals surface area contributed by atoms with Gasteiger partial charge in [0.05, 0.1) is 17.8 Å². The van der Waals surface area contributed by atoms with Crippen molar-refractivity contribution in [3.8, 4) is 0 Å². The van der Waals surface area contributed by atoms with Gasteiger partial charge in [-0.25, -0.2) is 4.79 Å². The van der Waals surface area contributed by atoms with Crippen LogP contribution >= 0.6 is 0 Å². The first-order chi connectivity index (χ1) is 28.2. The zero-order valence-electron chi connectivity index (χ0n) is 37.0. The summed E-state index contributed by atoms with van der Waals surface area (Å²) in [6.45, 7) is 19.1. The second-order valence-electron chi connectivity index (χ2n) is 21.0. The van der Waals surface area contributed by atoms with Crippen LogP contribution in [-0.4, -0.2) is 51.3 Å². The summed E-state index contributed by atoms with van der Waals surface area (Å²) in [7, 11) is -2.61. The molecule has 5 aliphatic rings. The van der Waals surface area contributed by atoms with Crippen molar-refractivity contribution in [2.75, 3.05) is 6.61 Å². The van der Waals surface area contributed by atoms with Crippen molar-refractivity contribution in [2.45, 2.75) is 143 Å². The van der Waals surface area contributed by atoms with Gasteiger partial charge in [-0.05, 0) is 132 Å². The van der Waals surface area contributed by atoms with Crippen molar-refractivity contribution in [3.63, 3.8) is 0 Å². The van der Waals surface area contributed by atoms with Crippen LogP contribution in [0.4, 0.5) is 0 Å². The van der Waals surface area contributed by atoms with Gasteiger partial charge in [0.15, 0.2) is 0 Å². The fourth-order valence-corrected chi connectivity index (χ4v) is 18.7. The molecule has 7 heteroatoms. The predicted octanol–water partition coefficient (Wildman–Crippen LogP) is 10.4. The number of fused-ring (bicyclic) bond motifs is 7. The largest absolute Gasteiger partial charge is 0.463 e. The quantitative estimate of drug-likeness (QED) is 0.142. The molecule has 3 aromatic carbocycles. The molecule has 0 amide bonds. The third kappa shape index (κ3) is 7.58. The average molecular weight is 819 g/mol. The topological polar surface area (TPSA) is 71.1 Å². The highest BCUT2D eigenvalue weighted by Gasteiger charge is 2.70. The monoisotopic (exact) mass is 818 g/mol. The van der Waals surface area contributed by atoms with Crippen molar-refractivity contribution < 1.29 is 28.2 Å². The Morgan fingerprint density at radius 3 is 2.07 bits per heavy atom. The maximum Gasteiger partial charge on any atom is 0.338 e. The zero-order valence-corrected chi connectivity index (χ0v) is 38.0. The van der Waals surface area contributed by atoms with Crippen LogP contribution in [0, 0.1) is 52.3 Å². The molecule has 0 bridgehead atoms. The Bertz CT molecular complexity index is 1870. The summed E-state index contributed by atoms with van der Waals surface area (Å²) in [6, 6.07) is 31.5. The maximum absolute atomic E-state index is 14.0. The van der Waals surface area contributed by atoms with Crippen LogP contribution in [0.1, 0.15) is 124 Å². The van der Waals surface area contributed by atoms with Crippen molar-refractivity contribution >= 4 is 30.6 Å². The summed E-state index contributed by atoms with van der Waals surface area (Å²) < 4.78 is 27.2. The predicted molar refractivity (Wildman–Crippen MR) is 237 cm³/mol. The lowest BCUT2D eigenvalue weighted by Crippen LogP contribution is -2.66. The summed E-state index contributed by atoms with van der Waals surface area (Å²) in [5, 5.41) is 2.59. The van der Waals surface area contributed by atoms with Gasteiger partial charge < -0.3 is 18.6 Å². The van der Waals surface area contributed by atoms with E-state index in [1.54, 1.807) is 0 Å². The van der Waals surface area contributed by atoms with Crippen LogP contribution in [0.2, 0.25) is 5.04 Å². The zero-order chi connectivity index (χ0) is 41.7. The molecule has 13 atom stereocenters. The van der Waals surface area contributed by atoms with Gasteiger partial charge in [-0.15, -0.1) is 0 Å². The number of hydrogen-bond acceptors (Lipinski definition) is 6. The maximum atomic E-state index is 14.0. The average Bonchev–Trinajstić information content (AvgIpc) is 3.70. The molecular formula is C52H70O6Si. The van der Waals surface area contributed by atoms with E-state index in [0.29, 0.717) is 53.6 Å². The van der Waals surface area contributed by atoms with Crippen LogP contribution in [0.5, 0.6) is 0 Å². The van der Waals surface area contributed by atoms with E-state index >= 15 is 0 Å². The molecule has 0 unspecified atom stereocenters. The fraction of sp³-hybridized carbons (Fsp3) is 0.615. The van der Waals surface area contributed by atoms with Gasteiger partial charge in [0.25, 0.3) is 8.32 Å². The Hall–Kier alpha value is -3.26. The molecule has 0 radical (unpaired) electrons. The molecule has 5 fully saturated rings. The molecule has 6 nitrogen and oxygen atoms in total. The van der Waals surface area contributed by atoms with Crippen molar-refractivity contribution in [3.05, 3.63) is 96.6 Å². The Morgan fingerprint density at radius 2 is 1.46 bits per heavy atom. The number of rotatable bonds is 11. The van der Waals surface area contributed by atoms with E-state index < -0.39 is 8.32 Å². The molecule has 8 rings (SSSR count). The first-order valence-electron chi connectivity index (χ1n) is 23.0. The van der Waals surface area contributed by atoms with Gasteiger partial charge in [0.1, 0.15) is 12.2 Å². The number of carbonyl (C=O) groups excluding carboxylic acids is 2. The normalized spacial score (nSPS) is 35.7. The third-order valence-electron chi connectivity index (χ3n) is 16.8. The van der Waals surface area contributed by atoms with E-state index in [-0.39, 0.29) is 52.2 Å². The van der Waals surface area contributed by atoms with E-state index in [2.05, 4.69) is 109 Å². The Balaban J connectivity index is 0.999. The molecule has 0 spiro atoms. The van der Waals surface area contributed by atoms with Gasteiger partial charge in [-0.2, -0.15) is 0 Å². The summed E-state index contributed by atoms with van der Waals surface area (Å²) in [5.41, 5.74) is 0.597. The van der Waals surface area contributed by atoms with E-state index in [4.69, 9.17) is 18.6 Å². The molecule has 59 heavy (non-hydrogen) atoms. The molecule has 0 N–H and O–H groups in total. The molecule has 3 aromatic rings. The van der Waals surface area contributed by atoms with Crippen LogP contribution in [0.3, 0.4) is 0 Å². The summed E-state index contributed by atoms with van der Waals surface area (Å²) in [5.74, 6) is 2.70. The molecule has 4 aliphatic carbocycles. The van der Waals surface area contributed by atoms with Gasteiger partial charge in [-0.1, -0.05) is 127 Å². The van der Waals surface area contributed by atoms with Gasteiger partial charge in [0.2, 0.25) is 0 Å². The highest BCUT2D eigenvalue weighted by molar-refractivity contribution is 6.99. The van der Waals surface area contributed by atoms with Gasteiger partial charge in [-0.3, -0.25) is 4.79 Å². The lowest BCUT2D eigenvalue weighted by Gasteiger charge is -2.62. The molecule has 1 aliphatic heterocycles. The van der Waals surface area contributed by atoms with Crippen LogP contribution in [0.15, 0.2) is 91.0 Å². The van der Waals surface area contributed by atoms with E-state index in [9.17, 15) is 9.59 Å². The van der Waals surface area contributed by atoms with E-state index in [0.717, 1.165) is 44.9 Å². The molecular weight excluding hydrogens is 749 g/mol. The second kappa shape index (κ2) is 16.5. The number of ether oxygens (including phenoxy) is 3. The first kappa shape index (κ1) is 42.4. The Labute approximate surface area is 355 Å². The number of esters is 2. The number of hydrogen-bond donors (Lipinski definition) is 0. The minimum Gasteiger partial charge on any atom is -0.463 e. The van der Waals surface area contributed by atoms with Crippen molar-refractivity contribution in [2.24, 2.45) is 52.3 Å². The van der Waals surface area contributed by atoms with Crippen LogP contribution in [-0.2, 0) is 23.4 Å². The lowest BCUT2D eigenvalue weighted by atomic mass is 9.43. The first-order valence-corrected chi connectivity index (χ1v) is 24.9. The summed E-state index contributed by atoms with van der Waals surface area (Å²) in [4.78, 5) is 25.9. The Morgan fingerprint density at radius 1 is 0.831 bits per heavy atom.